The van der Waals surface area contributed by atoms with E-state index in [9.17, 15) is 15.1 Å². The first-order valence-corrected chi connectivity index (χ1v) is 7.10. The van der Waals surface area contributed by atoms with Gasteiger partial charge >= 0.3 is 6.09 Å². The Morgan fingerprint density at radius 3 is 2.52 bits per heavy atom. The highest BCUT2D eigenvalue weighted by Gasteiger charge is 2.41. The Labute approximate surface area is 124 Å². The van der Waals surface area contributed by atoms with E-state index >= 15 is 0 Å². The lowest BCUT2D eigenvalue weighted by Crippen LogP contribution is -2.50. The Kier molecular flexibility index (Phi) is 4.09. The molecule has 1 aliphatic heterocycles. The minimum atomic E-state index is -1.19. The summed E-state index contributed by atoms with van der Waals surface area (Å²) in [7, 11) is 0. The van der Waals surface area contributed by atoms with Crippen molar-refractivity contribution in [2.24, 2.45) is 0 Å². The van der Waals surface area contributed by atoms with Gasteiger partial charge in [-0.2, -0.15) is 4.73 Å². The number of ether oxygens (including phenoxy) is 1. The van der Waals surface area contributed by atoms with Crippen LogP contribution in [-0.2, 0) is 10.3 Å². The molecular formula is C15H22N2O4. The van der Waals surface area contributed by atoms with Gasteiger partial charge in [-0.25, -0.2) is 4.79 Å². The molecular weight excluding hydrogens is 272 g/mol. The van der Waals surface area contributed by atoms with Gasteiger partial charge < -0.3 is 20.0 Å². The fraction of sp³-hybridized carbons (Fsp3) is 0.600. The second kappa shape index (κ2) is 5.52. The van der Waals surface area contributed by atoms with Crippen LogP contribution in [0.2, 0.25) is 0 Å². The summed E-state index contributed by atoms with van der Waals surface area (Å²) in [6.45, 7) is 6.17. The summed E-state index contributed by atoms with van der Waals surface area (Å²) in [4.78, 5) is 13.6. The molecule has 1 fully saturated rings. The maximum absolute atomic E-state index is 12.0. The normalized spacial score (nSPS) is 18.4. The van der Waals surface area contributed by atoms with Crippen molar-refractivity contribution in [3.63, 3.8) is 0 Å². The second-order valence-electron chi connectivity index (χ2n) is 6.41. The zero-order valence-electron chi connectivity index (χ0n) is 12.7. The van der Waals surface area contributed by atoms with E-state index in [1.165, 1.54) is 6.20 Å². The van der Waals surface area contributed by atoms with Crippen LogP contribution in [0.25, 0.3) is 0 Å². The zero-order chi connectivity index (χ0) is 15.7. The molecule has 0 saturated carbocycles. The van der Waals surface area contributed by atoms with E-state index in [0.29, 0.717) is 36.4 Å². The number of likely N-dealkylation sites (tertiary alicyclic amines) is 1. The minimum Gasteiger partial charge on any atom is -0.618 e. The van der Waals surface area contributed by atoms with Crippen LogP contribution < -0.4 is 4.73 Å². The van der Waals surface area contributed by atoms with E-state index in [2.05, 4.69) is 0 Å². The van der Waals surface area contributed by atoms with E-state index in [1.807, 2.05) is 20.8 Å². The molecule has 0 unspecified atom stereocenters. The predicted molar refractivity (Wildman–Crippen MR) is 76.3 cm³/mol. The Morgan fingerprint density at radius 1 is 1.38 bits per heavy atom. The molecule has 1 aromatic heterocycles. The van der Waals surface area contributed by atoms with Gasteiger partial charge in [-0.15, -0.1) is 0 Å². The third-order valence-corrected chi connectivity index (χ3v) is 3.54. The lowest BCUT2D eigenvalue weighted by Gasteiger charge is -2.37. The van der Waals surface area contributed by atoms with Crippen molar-refractivity contribution < 1.29 is 19.4 Å². The second-order valence-corrected chi connectivity index (χ2v) is 6.41. The van der Waals surface area contributed by atoms with Crippen molar-refractivity contribution in [2.75, 3.05) is 13.1 Å². The van der Waals surface area contributed by atoms with Gasteiger partial charge in [0.1, 0.15) is 5.60 Å². The number of aliphatic hydroxyl groups is 1. The van der Waals surface area contributed by atoms with E-state index in [1.54, 1.807) is 23.1 Å². The standard InChI is InChI=1S/C15H22N2O4/c1-14(2,3)21-13(18)16-10-7-15(19,8-11-16)12-6-4-5-9-17(12)20/h4-6,9,19H,7-8,10-11H2,1-3H3. The number of carbonyl (C=O) groups is 1. The number of piperidine rings is 1. The number of carbonyl (C=O) groups excluding carboxylic acids is 1. The van der Waals surface area contributed by atoms with Crippen LogP contribution in [0.5, 0.6) is 0 Å². The molecule has 116 valence electrons. The molecule has 0 radical (unpaired) electrons. The fourth-order valence-electron chi connectivity index (χ4n) is 2.43. The lowest BCUT2D eigenvalue weighted by atomic mass is 9.88. The Morgan fingerprint density at radius 2 is 2.00 bits per heavy atom. The molecule has 1 N–H and O–H groups in total. The third-order valence-electron chi connectivity index (χ3n) is 3.54. The van der Waals surface area contributed by atoms with E-state index in [0.717, 1.165) is 0 Å². The number of hydrogen-bond acceptors (Lipinski definition) is 4. The Balaban J connectivity index is 2.03. The van der Waals surface area contributed by atoms with Crippen molar-refractivity contribution >= 4 is 6.09 Å². The minimum absolute atomic E-state index is 0.318. The van der Waals surface area contributed by atoms with Crippen LogP contribution in [0.15, 0.2) is 24.4 Å². The molecule has 6 heteroatoms. The topological polar surface area (TPSA) is 76.7 Å². The van der Waals surface area contributed by atoms with Gasteiger partial charge in [-0.3, -0.25) is 0 Å². The molecule has 1 aliphatic rings. The Bertz CT molecular complexity index is 517. The first-order valence-electron chi connectivity index (χ1n) is 7.10. The van der Waals surface area contributed by atoms with Gasteiger partial charge in [0.2, 0.25) is 5.69 Å². The molecule has 0 atom stereocenters. The van der Waals surface area contributed by atoms with Gasteiger partial charge in [-0.1, -0.05) is 0 Å². The summed E-state index contributed by atoms with van der Waals surface area (Å²) >= 11 is 0. The monoisotopic (exact) mass is 294 g/mol. The van der Waals surface area contributed by atoms with Crippen molar-refractivity contribution in [2.45, 2.75) is 44.8 Å². The number of rotatable bonds is 1. The van der Waals surface area contributed by atoms with Gasteiger partial charge in [0, 0.05) is 38.1 Å². The highest BCUT2D eigenvalue weighted by Crippen LogP contribution is 2.31. The van der Waals surface area contributed by atoms with Crippen molar-refractivity contribution in [1.82, 2.24) is 4.90 Å². The molecule has 1 saturated heterocycles. The van der Waals surface area contributed by atoms with Crippen LogP contribution in [0.4, 0.5) is 4.79 Å². The molecule has 21 heavy (non-hydrogen) atoms. The van der Waals surface area contributed by atoms with Crippen LogP contribution in [-0.4, -0.2) is 34.8 Å². The van der Waals surface area contributed by atoms with Crippen molar-refractivity contribution in [1.29, 1.82) is 0 Å². The quantitative estimate of drug-likeness (QED) is 0.629. The van der Waals surface area contributed by atoms with Crippen molar-refractivity contribution in [3.8, 4) is 0 Å². The average Bonchev–Trinajstić information content (AvgIpc) is 2.37. The van der Waals surface area contributed by atoms with Gasteiger partial charge in [0.15, 0.2) is 11.8 Å². The summed E-state index contributed by atoms with van der Waals surface area (Å²) in [5.41, 5.74) is -1.40. The lowest BCUT2D eigenvalue weighted by molar-refractivity contribution is -0.623. The van der Waals surface area contributed by atoms with Gasteiger partial charge in [-0.05, 0) is 26.8 Å². The summed E-state index contributed by atoms with van der Waals surface area (Å²) < 4.78 is 6.00. The molecule has 2 heterocycles. The van der Waals surface area contributed by atoms with Crippen LogP contribution >= 0.6 is 0 Å². The summed E-state index contributed by atoms with van der Waals surface area (Å²) in [6, 6.07) is 4.97. The predicted octanol–water partition coefficient (Wildman–Crippen LogP) is 1.54. The van der Waals surface area contributed by atoms with E-state index < -0.39 is 11.2 Å². The molecule has 2 rings (SSSR count). The SMILES string of the molecule is CC(C)(C)OC(=O)N1CCC(O)(c2cccc[n+]2[O-])CC1. The van der Waals surface area contributed by atoms with Crippen LogP contribution in [0.3, 0.4) is 0 Å². The first kappa shape index (κ1) is 15.6. The molecule has 1 aromatic rings. The van der Waals surface area contributed by atoms with E-state index in [4.69, 9.17) is 4.74 Å². The molecule has 0 bridgehead atoms. The summed E-state index contributed by atoms with van der Waals surface area (Å²) in [6.07, 6.45) is 1.62. The number of amides is 1. The number of nitrogens with zero attached hydrogens (tertiary/aromatic N) is 2. The Hall–Kier alpha value is -1.82. The molecule has 0 aliphatic carbocycles. The average molecular weight is 294 g/mol. The molecule has 6 nitrogen and oxygen atoms in total. The van der Waals surface area contributed by atoms with E-state index in [-0.39, 0.29) is 6.09 Å². The summed E-state index contributed by atoms with van der Waals surface area (Å²) in [5.74, 6) is 0. The van der Waals surface area contributed by atoms with Gasteiger partial charge in [0.25, 0.3) is 0 Å². The maximum atomic E-state index is 12.0. The first-order chi connectivity index (χ1) is 9.71. The van der Waals surface area contributed by atoms with Crippen LogP contribution in [0.1, 0.15) is 39.3 Å². The fourth-order valence-corrected chi connectivity index (χ4v) is 2.43. The largest absolute Gasteiger partial charge is 0.618 e. The highest BCUT2D eigenvalue weighted by atomic mass is 16.6. The summed E-state index contributed by atoms with van der Waals surface area (Å²) in [5, 5.41) is 22.4. The molecule has 1 amide bonds. The third kappa shape index (κ3) is 3.64. The smallest absolute Gasteiger partial charge is 0.410 e. The van der Waals surface area contributed by atoms with Crippen LogP contribution in [0, 0.1) is 5.21 Å². The highest BCUT2D eigenvalue weighted by molar-refractivity contribution is 5.68. The zero-order valence-corrected chi connectivity index (χ0v) is 12.7. The number of pyridine rings is 1. The number of hydrogen-bond donors (Lipinski definition) is 1. The molecule has 0 spiro atoms. The van der Waals surface area contributed by atoms with Gasteiger partial charge in [0.05, 0.1) is 0 Å². The number of aromatic nitrogens is 1. The van der Waals surface area contributed by atoms with Crippen molar-refractivity contribution in [3.05, 3.63) is 35.3 Å². The maximum Gasteiger partial charge on any atom is 0.410 e. The molecule has 0 aromatic carbocycles.